The van der Waals surface area contributed by atoms with Crippen LogP contribution in [0.5, 0.6) is 0 Å². The summed E-state index contributed by atoms with van der Waals surface area (Å²) in [5, 5.41) is 9.04. The van der Waals surface area contributed by atoms with Crippen LogP contribution in [-0.4, -0.2) is 0 Å². The van der Waals surface area contributed by atoms with Crippen LogP contribution in [0.1, 0.15) is 49.7 Å². The molecule has 1 aliphatic rings. The van der Waals surface area contributed by atoms with E-state index in [4.69, 9.17) is 5.26 Å². The second kappa shape index (κ2) is 4.99. The summed E-state index contributed by atoms with van der Waals surface area (Å²) in [5.41, 5.74) is 3.90. The van der Waals surface area contributed by atoms with Gasteiger partial charge in [-0.1, -0.05) is 30.3 Å². The molecule has 1 atom stereocenters. The normalized spacial score (nSPS) is 17.4. The minimum Gasteiger partial charge on any atom is -0.198 e. The van der Waals surface area contributed by atoms with Crippen LogP contribution in [0.25, 0.3) is 5.57 Å². The van der Waals surface area contributed by atoms with Crippen molar-refractivity contribution in [2.45, 2.75) is 38.5 Å². The molecule has 0 amide bonds. The number of nitriles is 1. The van der Waals surface area contributed by atoms with E-state index in [0.717, 1.165) is 6.42 Å². The zero-order valence-electron chi connectivity index (χ0n) is 9.74. The van der Waals surface area contributed by atoms with E-state index in [1.807, 2.05) is 13.0 Å². The molecule has 0 bridgehead atoms. The van der Waals surface area contributed by atoms with E-state index in [-0.39, 0.29) is 5.92 Å². The average Bonchev–Trinajstić information content (AvgIpc) is 2.39. The number of nitrogens with zero attached hydrogens (tertiary/aromatic N) is 1. The van der Waals surface area contributed by atoms with Crippen molar-refractivity contribution in [2.24, 2.45) is 0 Å². The van der Waals surface area contributed by atoms with Gasteiger partial charge in [0.1, 0.15) is 0 Å². The molecule has 2 rings (SSSR count). The van der Waals surface area contributed by atoms with Crippen molar-refractivity contribution in [1.82, 2.24) is 0 Å². The SMILES string of the molecule is CC(C#N)c1ccccc1C1=CCCCC1. The van der Waals surface area contributed by atoms with Crippen molar-refractivity contribution in [3.8, 4) is 6.07 Å². The maximum absolute atomic E-state index is 9.04. The Kier molecular flexibility index (Phi) is 3.41. The minimum absolute atomic E-state index is 0.0148. The van der Waals surface area contributed by atoms with E-state index in [0.29, 0.717) is 0 Å². The Morgan fingerprint density at radius 3 is 2.75 bits per heavy atom. The van der Waals surface area contributed by atoms with Gasteiger partial charge in [-0.2, -0.15) is 5.26 Å². The van der Waals surface area contributed by atoms with E-state index in [9.17, 15) is 0 Å². The van der Waals surface area contributed by atoms with E-state index in [1.165, 1.54) is 36.0 Å². The molecule has 1 heteroatoms. The predicted molar refractivity (Wildman–Crippen MR) is 66.9 cm³/mol. The summed E-state index contributed by atoms with van der Waals surface area (Å²) in [6, 6.07) is 10.7. The topological polar surface area (TPSA) is 23.8 Å². The molecule has 1 aliphatic carbocycles. The lowest BCUT2D eigenvalue weighted by molar-refractivity contribution is 0.740. The molecule has 0 spiro atoms. The van der Waals surface area contributed by atoms with Crippen LogP contribution >= 0.6 is 0 Å². The quantitative estimate of drug-likeness (QED) is 0.716. The van der Waals surface area contributed by atoms with Crippen LogP contribution in [0.4, 0.5) is 0 Å². The highest BCUT2D eigenvalue weighted by molar-refractivity contribution is 5.69. The van der Waals surface area contributed by atoms with Gasteiger partial charge < -0.3 is 0 Å². The standard InChI is InChI=1S/C15H17N/c1-12(11-16)14-9-5-6-10-15(14)13-7-3-2-4-8-13/h5-7,9-10,12H,2-4,8H2,1H3. The molecule has 0 fully saturated rings. The number of allylic oxidation sites excluding steroid dienone is 2. The smallest absolute Gasteiger partial charge is 0.0701 e. The van der Waals surface area contributed by atoms with Crippen LogP contribution in [-0.2, 0) is 0 Å². The molecule has 1 unspecified atom stereocenters. The maximum atomic E-state index is 9.04. The first-order chi connectivity index (χ1) is 7.83. The van der Waals surface area contributed by atoms with Gasteiger partial charge in [0.05, 0.1) is 12.0 Å². The fraction of sp³-hybridized carbons (Fsp3) is 0.400. The van der Waals surface area contributed by atoms with E-state index in [1.54, 1.807) is 0 Å². The van der Waals surface area contributed by atoms with Gasteiger partial charge in [-0.05, 0) is 49.3 Å². The van der Waals surface area contributed by atoms with Crippen molar-refractivity contribution in [3.05, 3.63) is 41.5 Å². The summed E-state index contributed by atoms with van der Waals surface area (Å²) < 4.78 is 0. The lowest BCUT2D eigenvalue weighted by atomic mass is 9.87. The summed E-state index contributed by atoms with van der Waals surface area (Å²) >= 11 is 0. The maximum Gasteiger partial charge on any atom is 0.0701 e. The molecule has 0 radical (unpaired) electrons. The van der Waals surface area contributed by atoms with Crippen molar-refractivity contribution < 1.29 is 0 Å². The summed E-state index contributed by atoms with van der Waals surface area (Å²) in [4.78, 5) is 0. The van der Waals surface area contributed by atoms with Crippen molar-refractivity contribution in [2.75, 3.05) is 0 Å². The molecule has 0 heterocycles. The molecular weight excluding hydrogens is 194 g/mol. The molecule has 0 N–H and O–H groups in total. The van der Waals surface area contributed by atoms with Gasteiger partial charge in [0.2, 0.25) is 0 Å². The Bertz CT molecular complexity index is 437. The highest BCUT2D eigenvalue weighted by Crippen LogP contribution is 2.31. The largest absolute Gasteiger partial charge is 0.198 e. The first-order valence-corrected chi connectivity index (χ1v) is 6.01. The highest BCUT2D eigenvalue weighted by atomic mass is 14.3. The third-order valence-corrected chi connectivity index (χ3v) is 3.26. The van der Waals surface area contributed by atoms with Gasteiger partial charge in [0.25, 0.3) is 0 Å². The summed E-state index contributed by atoms with van der Waals surface area (Å²) in [6.45, 7) is 1.97. The second-order valence-corrected chi connectivity index (χ2v) is 4.41. The predicted octanol–water partition coefficient (Wildman–Crippen LogP) is 4.27. The second-order valence-electron chi connectivity index (χ2n) is 4.41. The van der Waals surface area contributed by atoms with Gasteiger partial charge in [-0.25, -0.2) is 0 Å². The summed E-state index contributed by atoms with van der Waals surface area (Å²) in [7, 11) is 0. The van der Waals surface area contributed by atoms with Crippen LogP contribution in [0.3, 0.4) is 0 Å². The molecule has 1 nitrogen and oxygen atoms in total. The van der Waals surface area contributed by atoms with Crippen LogP contribution in [0.15, 0.2) is 30.3 Å². The first-order valence-electron chi connectivity index (χ1n) is 6.01. The fourth-order valence-electron chi connectivity index (χ4n) is 2.32. The third kappa shape index (κ3) is 2.17. The van der Waals surface area contributed by atoms with Gasteiger partial charge in [-0.15, -0.1) is 0 Å². The minimum atomic E-state index is -0.0148. The molecule has 0 saturated heterocycles. The van der Waals surface area contributed by atoms with E-state index in [2.05, 4.69) is 30.3 Å². The van der Waals surface area contributed by atoms with E-state index >= 15 is 0 Å². The van der Waals surface area contributed by atoms with Crippen LogP contribution in [0, 0.1) is 11.3 Å². The monoisotopic (exact) mass is 211 g/mol. The van der Waals surface area contributed by atoms with Crippen LogP contribution < -0.4 is 0 Å². The van der Waals surface area contributed by atoms with Crippen molar-refractivity contribution >= 4 is 5.57 Å². The van der Waals surface area contributed by atoms with Gasteiger partial charge in [-0.3, -0.25) is 0 Å². The molecule has 1 aromatic carbocycles. The number of benzene rings is 1. The average molecular weight is 211 g/mol. The van der Waals surface area contributed by atoms with Gasteiger partial charge in [0.15, 0.2) is 0 Å². The Balaban J connectivity index is 2.40. The van der Waals surface area contributed by atoms with E-state index < -0.39 is 0 Å². The zero-order chi connectivity index (χ0) is 11.4. The molecular formula is C15H17N. The Hall–Kier alpha value is -1.55. The summed E-state index contributed by atoms with van der Waals surface area (Å²) in [6.07, 6.45) is 7.27. The first kappa shape index (κ1) is 11.0. The molecule has 1 aromatic rings. The number of hydrogen-bond donors (Lipinski definition) is 0. The van der Waals surface area contributed by atoms with Crippen molar-refractivity contribution in [1.29, 1.82) is 5.26 Å². The van der Waals surface area contributed by atoms with Crippen molar-refractivity contribution in [3.63, 3.8) is 0 Å². The lowest BCUT2D eigenvalue weighted by Crippen LogP contribution is -1.99. The Labute approximate surface area is 97.4 Å². The molecule has 0 aromatic heterocycles. The van der Waals surface area contributed by atoms with Gasteiger partial charge >= 0.3 is 0 Å². The summed E-state index contributed by atoms with van der Waals surface area (Å²) in [5.74, 6) is -0.0148. The third-order valence-electron chi connectivity index (χ3n) is 3.26. The fourth-order valence-corrected chi connectivity index (χ4v) is 2.32. The number of hydrogen-bond acceptors (Lipinski definition) is 1. The molecule has 0 aliphatic heterocycles. The van der Waals surface area contributed by atoms with Gasteiger partial charge in [0, 0.05) is 0 Å². The highest BCUT2D eigenvalue weighted by Gasteiger charge is 2.13. The van der Waals surface area contributed by atoms with Crippen LogP contribution in [0.2, 0.25) is 0 Å². The lowest BCUT2D eigenvalue weighted by Gasteiger charge is -2.17. The molecule has 82 valence electrons. The molecule has 0 saturated carbocycles. The Morgan fingerprint density at radius 1 is 1.25 bits per heavy atom. The Morgan fingerprint density at radius 2 is 2.06 bits per heavy atom. The molecule has 16 heavy (non-hydrogen) atoms. The zero-order valence-corrected chi connectivity index (χ0v) is 9.74. The number of rotatable bonds is 2.